The number of aromatic nitrogens is 5. The number of nitrogens with zero attached hydrogens (tertiary/aromatic N) is 5. The van der Waals surface area contributed by atoms with Gasteiger partial charge in [-0.15, -0.1) is 10.2 Å². The molecule has 0 unspecified atom stereocenters. The highest BCUT2D eigenvalue weighted by atomic mass is 32.2. The number of aryl methyl sites for hydroxylation is 1. The maximum Gasteiger partial charge on any atom is 0.191 e. The van der Waals surface area contributed by atoms with Gasteiger partial charge in [-0.25, -0.2) is 4.98 Å². The summed E-state index contributed by atoms with van der Waals surface area (Å²) in [6, 6.07) is 6.86. The Kier molecular flexibility index (Phi) is 3.01. The highest BCUT2D eigenvalue weighted by Gasteiger charge is 2.36. The molecule has 118 valence electrons. The molecule has 0 spiro atoms. The summed E-state index contributed by atoms with van der Waals surface area (Å²) in [7, 11) is 0. The highest BCUT2D eigenvalue weighted by Crippen LogP contribution is 2.46. The third-order valence-electron chi connectivity index (χ3n) is 4.64. The third-order valence-corrected chi connectivity index (χ3v) is 5.62. The van der Waals surface area contributed by atoms with E-state index in [4.69, 9.17) is 4.98 Å². The molecule has 3 heterocycles. The Balaban J connectivity index is 1.40. The van der Waals surface area contributed by atoms with E-state index in [0.29, 0.717) is 12.0 Å². The maximum atomic E-state index is 4.72. The highest BCUT2D eigenvalue weighted by molar-refractivity contribution is 7.98. The van der Waals surface area contributed by atoms with Crippen molar-refractivity contribution in [2.45, 2.75) is 55.5 Å². The van der Waals surface area contributed by atoms with Gasteiger partial charge in [-0.2, -0.15) is 0 Å². The van der Waals surface area contributed by atoms with E-state index in [2.05, 4.69) is 50.5 Å². The van der Waals surface area contributed by atoms with Crippen LogP contribution in [0.5, 0.6) is 0 Å². The fourth-order valence-corrected chi connectivity index (χ4v) is 3.99. The second-order valence-electron chi connectivity index (χ2n) is 6.63. The number of fused-ring (bicyclic) bond motifs is 1. The molecule has 0 radical (unpaired) electrons. The van der Waals surface area contributed by atoms with Crippen LogP contribution in [0.2, 0.25) is 0 Å². The molecule has 0 aromatic carbocycles. The molecule has 0 atom stereocenters. The van der Waals surface area contributed by atoms with Crippen LogP contribution in [0.15, 0.2) is 29.6 Å². The number of hydrogen-bond acceptors (Lipinski definition) is 4. The minimum atomic E-state index is 0.645. The summed E-state index contributed by atoms with van der Waals surface area (Å²) < 4.78 is 4.56. The first-order chi connectivity index (χ1) is 11.3. The second kappa shape index (κ2) is 5.09. The summed E-state index contributed by atoms with van der Waals surface area (Å²) in [4.78, 5) is 4.72. The number of rotatable bonds is 5. The van der Waals surface area contributed by atoms with Crippen LogP contribution in [0.1, 0.15) is 54.9 Å². The first kappa shape index (κ1) is 13.6. The smallest absolute Gasteiger partial charge is 0.191 e. The predicted molar refractivity (Wildman–Crippen MR) is 89.8 cm³/mol. The zero-order chi connectivity index (χ0) is 15.4. The number of pyridine rings is 1. The van der Waals surface area contributed by atoms with Gasteiger partial charge in [0.1, 0.15) is 11.5 Å². The molecule has 2 aliphatic rings. The molecule has 0 saturated heterocycles. The van der Waals surface area contributed by atoms with E-state index >= 15 is 0 Å². The SMILES string of the molecule is Cc1cccc2nc(CSc3nnc(C4CC4)n3C3CC3)cn12. The lowest BCUT2D eigenvalue weighted by atomic mass is 10.4. The summed E-state index contributed by atoms with van der Waals surface area (Å²) in [5, 5.41) is 10.0. The molecule has 2 aliphatic carbocycles. The quantitative estimate of drug-likeness (QED) is 0.671. The van der Waals surface area contributed by atoms with Crippen molar-refractivity contribution < 1.29 is 0 Å². The molecule has 3 aromatic rings. The standard InChI is InChI=1S/C17H19N5S/c1-11-3-2-4-15-18-13(9-21(11)15)10-23-17-20-19-16(12-5-6-12)22(17)14-7-8-14/h2-4,9,12,14H,5-8,10H2,1H3. The largest absolute Gasteiger partial charge is 0.304 e. The van der Waals surface area contributed by atoms with Gasteiger partial charge in [0.05, 0.1) is 5.69 Å². The van der Waals surface area contributed by atoms with E-state index in [-0.39, 0.29) is 0 Å². The van der Waals surface area contributed by atoms with Crippen molar-refractivity contribution in [2.24, 2.45) is 0 Å². The summed E-state index contributed by atoms with van der Waals surface area (Å²) in [5.74, 6) is 2.73. The Morgan fingerprint density at radius 1 is 1.17 bits per heavy atom. The molecular formula is C17H19N5S. The molecule has 6 heteroatoms. The van der Waals surface area contributed by atoms with Crippen LogP contribution >= 0.6 is 11.8 Å². The van der Waals surface area contributed by atoms with Crippen LogP contribution in [-0.4, -0.2) is 24.1 Å². The molecule has 23 heavy (non-hydrogen) atoms. The summed E-state index contributed by atoms with van der Waals surface area (Å²) >= 11 is 1.77. The fourth-order valence-electron chi connectivity index (χ4n) is 3.09. The molecule has 2 saturated carbocycles. The Labute approximate surface area is 139 Å². The first-order valence-electron chi connectivity index (χ1n) is 8.31. The van der Waals surface area contributed by atoms with E-state index < -0.39 is 0 Å². The van der Waals surface area contributed by atoms with Crippen LogP contribution in [0.3, 0.4) is 0 Å². The zero-order valence-corrected chi connectivity index (χ0v) is 14.0. The van der Waals surface area contributed by atoms with Crippen LogP contribution < -0.4 is 0 Å². The van der Waals surface area contributed by atoms with Crippen LogP contribution in [0.4, 0.5) is 0 Å². The molecule has 5 nitrogen and oxygen atoms in total. The average Bonchev–Trinajstić information content (AvgIpc) is 3.48. The van der Waals surface area contributed by atoms with Gasteiger partial charge in [0.25, 0.3) is 0 Å². The lowest BCUT2D eigenvalue weighted by Gasteiger charge is -2.07. The normalized spacial score (nSPS) is 18.0. The van der Waals surface area contributed by atoms with Gasteiger partial charge in [-0.05, 0) is 44.7 Å². The topological polar surface area (TPSA) is 48.0 Å². The van der Waals surface area contributed by atoms with Crippen molar-refractivity contribution in [3.05, 3.63) is 41.6 Å². The lowest BCUT2D eigenvalue weighted by Crippen LogP contribution is -2.01. The minimum Gasteiger partial charge on any atom is -0.304 e. The van der Waals surface area contributed by atoms with E-state index in [0.717, 1.165) is 22.3 Å². The van der Waals surface area contributed by atoms with Crippen molar-refractivity contribution >= 4 is 17.4 Å². The molecule has 3 aromatic heterocycles. The van der Waals surface area contributed by atoms with Crippen molar-refractivity contribution in [2.75, 3.05) is 0 Å². The van der Waals surface area contributed by atoms with Gasteiger partial charge in [-0.3, -0.25) is 0 Å². The Morgan fingerprint density at radius 2 is 2.04 bits per heavy atom. The summed E-state index contributed by atoms with van der Waals surface area (Å²) in [6.07, 6.45) is 7.25. The molecule has 5 rings (SSSR count). The number of imidazole rings is 1. The Hall–Kier alpha value is -1.82. The van der Waals surface area contributed by atoms with Crippen LogP contribution in [0, 0.1) is 6.92 Å². The molecule has 0 N–H and O–H groups in total. The number of hydrogen-bond donors (Lipinski definition) is 0. The van der Waals surface area contributed by atoms with Gasteiger partial charge in [0.15, 0.2) is 5.16 Å². The van der Waals surface area contributed by atoms with Crippen molar-refractivity contribution in [1.29, 1.82) is 0 Å². The minimum absolute atomic E-state index is 0.645. The Morgan fingerprint density at radius 3 is 2.78 bits per heavy atom. The van der Waals surface area contributed by atoms with Crippen molar-refractivity contribution in [1.82, 2.24) is 24.1 Å². The lowest BCUT2D eigenvalue weighted by molar-refractivity contribution is 0.627. The van der Waals surface area contributed by atoms with E-state index in [1.54, 1.807) is 11.8 Å². The molecule has 0 bridgehead atoms. The van der Waals surface area contributed by atoms with Gasteiger partial charge < -0.3 is 8.97 Å². The number of thioether (sulfide) groups is 1. The zero-order valence-electron chi connectivity index (χ0n) is 13.1. The maximum absolute atomic E-state index is 4.72. The first-order valence-corrected chi connectivity index (χ1v) is 9.29. The monoisotopic (exact) mass is 325 g/mol. The third kappa shape index (κ3) is 2.45. The van der Waals surface area contributed by atoms with Gasteiger partial charge in [0.2, 0.25) is 0 Å². The van der Waals surface area contributed by atoms with E-state index in [9.17, 15) is 0 Å². The van der Waals surface area contributed by atoms with Crippen molar-refractivity contribution in [3.63, 3.8) is 0 Å². The van der Waals surface area contributed by atoms with Gasteiger partial charge in [0, 0.05) is 29.6 Å². The summed E-state index contributed by atoms with van der Waals surface area (Å²) in [6.45, 7) is 2.11. The molecule has 0 aliphatic heterocycles. The van der Waals surface area contributed by atoms with Gasteiger partial charge >= 0.3 is 0 Å². The average molecular weight is 325 g/mol. The van der Waals surface area contributed by atoms with Gasteiger partial charge in [-0.1, -0.05) is 17.8 Å². The summed E-state index contributed by atoms with van der Waals surface area (Å²) in [5.41, 5.74) is 3.33. The van der Waals surface area contributed by atoms with E-state index in [1.165, 1.54) is 37.2 Å². The van der Waals surface area contributed by atoms with Crippen LogP contribution in [-0.2, 0) is 5.75 Å². The molecule has 2 fully saturated rings. The molecular weight excluding hydrogens is 306 g/mol. The van der Waals surface area contributed by atoms with E-state index in [1.807, 2.05) is 0 Å². The predicted octanol–water partition coefficient (Wildman–Crippen LogP) is 3.74. The molecule has 0 amide bonds. The fraction of sp³-hybridized carbons (Fsp3) is 0.471. The van der Waals surface area contributed by atoms with Crippen LogP contribution in [0.25, 0.3) is 5.65 Å². The Bertz CT molecular complexity index is 872. The second-order valence-corrected chi connectivity index (χ2v) is 7.58. The van der Waals surface area contributed by atoms with Crippen molar-refractivity contribution in [3.8, 4) is 0 Å².